The Morgan fingerprint density at radius 2 is 1.76 bits per heavy atom. The van der Waals surface area contributed by atoms with Gasteiger partial charge in [0.15, 0.2) is 0 Å². The van der Waals surface area contributed by atoms with E-state index in [1.165, 1.54) is 0 Å². The summed E-state index contributed by atoms with van der Waals surface area (Å²) in [4.78, 5) is 23.4. The smallest absolute Gasteiger partial charge is 0.407 e. The first kappa shape index (κ1) is 15.4. The minimum absolute atomic E-state index is 0.00780. The van der Waals surface area contributed by atoms with Gasteiger partial charge in [0, 0.05) is 18.9 Å². The molecular weight excluding hydrogens is 270 g/mol. The van der Waals surface area contributed by atoms with Gasteiger partial charge in [-0.2, -0.15) is 0 Å². The molecular formula is C16H21NO4. The van der Waals surface area contributed by atoms with Crippen LogP contribution in [-0.2, 0) is 9.47 Å². The van der Waals surface area contributed by atoms with Gasteiger partial charge in [-0.05, 0) is 32.9 Å². The van der Waals surface area contributed by atoms with Crippen molar-refractivity contribution < 1.29 is 19.1 Å². The molecule has 0 saturated heterocycles. The maximum Gasteiger partial charge on any atom is 0.407 e. The van der Waals surface area contributed by atoms with Gasteiger partial charge >= 0.3 is 12.1 Å². The van der Waals surface area contributed by atoms with Crippen LogP contribution >= 0.6 is 0 Å². The van der Waals surface area contributed by atoms with Crippen LogP contribution < -0.4 is 5.32 Å². The predicted molar refractivity (Wildman–Crippen MR) is 78.0 cm³/mol. The van der Waals surface area contributed by atoms with E-state index in [9.17, 15) is 9.59 Å². The fourth-order valence-electron chi connectivity index (χ4n) is 2.05. The lowest BCUT2D eigenvalue weighted by Crippen LogP contribution is -2.49. The molecule has 0 heterocycles. The Morgan fingerprint density at radius 1 is 1.14 bits per heavy atom. The van der Waals surface area contributed by atoms with Crippen LogP contribution in [0.3, 0.4) is 0 Å². The van der Waals surface area contributed by atoms with Crippen molar-refractivity contribution in [2.24, 2.45) is 0 Å². The minimum atomic E-state index is -0.507. The molecule has 1 amide bonds. The van der Waals surface area contributed by atoms with Crippen molar-refractivity contribution in [2.75, 3.05) is 0 Å². The fraction of sp³-hybridized carbons (Fsp3) is 0.500. The molecule has 0 spiro atoms. The normalized spacial score (nSPS) is 21.1. The summed E-state index contributed by atoms with van der Waals surface area (Å²) in [6.07, 6.45) is 0.674. The lowest BCUT2D eigenvalue weighted by atomic mass is 9.89. The molecule has 1 aromatic rings. The standard InChI is InChI=1S/C16H21NO4/c1-16(2,3)21-15(19)17-12-9-13(10-12)20-14(18)11-7-5-4-6-8-11/h4-8,12-13H,9-10H2,1-3H3,(H,17,19)/t12-,13+. The number of rotatable bonds is 3. The Morgan fingerprint density at radius 3 is 2.33 bits per heavy atom. The molecule has 1 aromatic carbocycles. The van der Waals surface area contributed by atoms with Crippen molar-refractivity contribution >= 4 is 12.1 Å². The van der Waals surface area contributed by atoms with Gasteiger partial charge in [0.1, 0.15) is 11.7 Å². The summed E-state index contributed by atoms with van der Waals surface area (Å²) in [7, 11) is 0. The highest BCUT2D eigenvalue weighted by Crippen LogP contribution is 2.25. The van der Waals surface area contributed by atoms with E-state index in [0.717, 1.165) is 0 Å². The molecule has 0 unspecified atom stereocenters. The number of carbonyl (C=O) groups excluding carboxylic acids is 2. The second-order valence-corrected chi connectivity index (χ2v) is 6.21. The Labute approximate surface area is 124 Å². The van der Waals surface area contributed by atoms with E-state index in [-0.39, 0.29) is 18.1 Å². The summed E-state index contributed by atoms with van der Waals surface area (Å²) in [6, 6.07) is 8.89. The van der Waals surface area contributed by atoms with Gasteiger partial charge < -0.3 is 14.8 Å². The molecule has 1 aliphatic carbocycles. The maximum absolute atomic E-state index is 11.8. The minimum Gasteiger partial charge on any atom is -0.459 e. The summed E-state index contributed by atoms with van der Waals surface area (Å²) < 4.78 is 10.5. The average Bonchev–Trinajstić information content (AvgIpc) is 2.35. The monoisotopic (exact) mass is 291 g/mol. The summed E-state index contributed by atoms with van der Waals surface area (Å²) in [5.74, 6) is -0.323. The van der Waals surface area contributed by atoms with Crippen molar-refractivity contribution in [1.82, 2.24) is 5.32 Å². The van der Waals surface area contributed by atoms with Crippen molar-refractivity contribution in [3.8, 4) is 0 Å². The molecule has 0 atom stereocenters. The summed E-state index contributed by atoms with van der Waals surface area (Å²) in [6.45, 7) is 5.45. The van der Waals surface area contributed by atoms with E-state index in [0.29, 0.717) is 18.4 Å². The largest absolute Gasteiger partial charge is 0.459 e. The second-order valence-electron chi connectivity index (χ2n) is 6.21. The van der Waals surface area contributed by atoms with Crippen LogP contribution in [0.25, 0.3) is 0 Å². The number of nitrogens with one attached hydrogen (secondary N) is 1. The van der Waals surface area contributed by atoms with Gasteiger partial charge in [0.05, 0.1) is 5.56 Å². The summed E-state index contributed by atoms with van der Waals surface area (Å²) in [5.41, 5.74) is 0.0357. The van der Waals surface area contributed by atoms with Gasteiger partial charge in [0.2, 0.25) is 0 Å². The van der Waals surface area contributed by atoms with E-state index >= 15 is 0 Å². The molecule has 0 aromatic heterocycles. The highest BCUT2D eigenvalue weighted by Gasteiger charge is 2.34. The zero-order chi connectivity index (χ0) is 15.5. The first-order chi connectivity index (χ1) is 9.83. The molecule has 0 radical (unpaired) electrons. The molecule has 1 fully saturated rings. The molecule has 114 valence electrons. The molecule has 1 saturated carbocycles. The van der Waals surface area contributed by atoms with Gasteiger partial charge in [0.25, 0.3) is 0 Å². The second kappa shape index (κ2) is 6.16. The molecule has 21 heavy (non-hydrogen) atoms. The van der Waals surface area contributed by atoms with E-state index in [2.05, 4.69) is 5.32 Å². The third-order valence-corrected chi connectivity index (χ3v) is 3.10. The van der Waals surface area contributed by atoms with Crippen LogP contribution in [0.4, 0.5) is 4.79 Å². The molecule has 0 bridgehead atoms. The van der Waals surface area contributed by atoms with Crippen molar-refractivity contribution in [3.63, 3.8) is 0 Å². The van der Waals surface area contributed by atoms with Crippen LogP contribution in [0, 0.1) is 0 Å². The highest BCUT2D eigenvalue weighted by atomic mass is 16.6. The van der Waals surface area contributed by atoms with Crippen molar-refractivity contribution in [1.29, 1.82) is 0 Å². The van der Waals surface area contributed by atoms with Crippen LogP contribution in [-0.4, -0.2) is 29.8 Å². The Bertz CT molecular complexity index is 501. The fourth-order valence-corrected chi connectivity index (χ4v) is 2.05. The van der Waals surface area contributed by atoms with Crippen LogP contribution in [0.2, 0.25) is 0 Å². The number of benzene rings is 1. The molecule has 1 aliphatic rings. The number of carbonyl (C=O) groups is 2. The first-order valence-corrected chi connectivity index (χ1v) is 7.09. The third kappa shape index (κ3) is 4.77. The number of amides is 1. The van der Waals surface area contributed by atoms with Crippen LogP contribution in [0.15, 0.2) is 30.3 Å². The van der Waals surface area contributed by atoms with E-state index in [4.69, 9.17) is 9.47 Å². The molecule has 1 N–H and O–H groups in total. The Balaban J connectivity index is 1.70. The summed E-state index contributed by atoms with van der Waals surface area (Å²) >= 11 is 0. The highest BCUT2D eigenvalue weighted by molar-refractivity contribution is 5.89. The van der Waals surface area contributed by atoms with E-state index < -0.39 is 11.7 Å². The van der Waals surface area contributed by atoms with Gasteiger partial charge in [-0.1, -0.05) is 18.2 Å². The lowest BCUT2D eigenvalue weighted by Gasteiger charge is -2.35. The topological polar surface area (TPSA) is 64.6 Å². The first-order valence-electron chi connectivity index (χ1n) is 7.09. The Hall–Kier alpha value is -2.04. The number of esters is 1. The van der Waals surface area contributed by atoms with Gasteiger partial charge in [-0.25, -0.2) is 9.59 Å². The zero-order valence-electron chi connectivity index (χ0n) is 12.6. The maximum atomic E-state index is 11.8. The Kier molecular flexibility index (Phi) is 4.50. The predicted octanol–water partition coefficient (Wildman–Crippen LogP) is 2.90. The number of hydrogen-bond acceptors (Lipinski definition) is 4. The molecule has 2 rings (SSSR count). The molecule has 5 heteroatoms. The molecule has 0 aliphatic heterocycles. The molecule has 5 nitrogen and oxygen atoms in total. The number of ether oxygens (including phenoxy) is 2. The van der Waals surface area contributed by atoms with E-state index in [1.54, 1.807) is 24.3 Å². The van der Waals surface area contributed by atoms with Crippen molar-refractivity contribution in [3.05, 3.63) is 35.9 Å². The van der Waals surface area contributed by atoms with E-state index in [1.807, 2.05) is 26.8 Å². The van der Waals surface area contributed by atoms with Crippen molar-refractivity contribution in [2.45, 2.75) is 51.4 Å². The van der Waals surface area contributed by atoms with Gasteiger partial charge in [-0.3, -0.25) is 0 Å². The third-order valence-electron chi connectivity index (χ3n) is 3.10. The lowest BCUT2D eigenvalue weighted by molar-refractivity contribution is -0.00488. The zero-order valence-corrected chi connectivity index (χ0v) is 12.6. The quantitative estimate of drug-likeness (QED) is 0.870. The SMILES string of the molecule is CC(C)(C)OC(=O)N[C@H]1C[C@@H](OC(=O)c2ccccc2)C1. The van der Waals surface area contributed by atoms with Gasteiger partial charge in [-0.15, -0.1) is 0 Å². The number of hydrogen-bond donors (Lipinski definition) is 1. The van der Waals surface area contributed by atoms with Crippen LogP contribution in [0.5, 0.6) is 0 Å². The average molecular weight is 291 g/mol. The van der Waals surface area contributed by atoms with Crippen LogP contribution in [0.1, 0.15) is 44.0 Å². The number of alkyl carbamates (subject to hydrolysis) is 1. The summed E-state index contributed by atoms with van der Waals surface area (Å²) in [5, 5.41) is 2.76.